The van der Waals surface area contributed by atoms with Gasteiger partial charge in [0.05, 0.1) is 10.9 Å². The normalized spacial score (nSPS) is 28.9. The fourth-order valence-corrected chi connectivity index (χ4v) is 4.09. The lowest BCUT2D eigenvalue weighted by Crippen LogP contribution is -2.38. The van der Waals surface area contributed by atoms with Gasteiger partial charge < -0.3 is 4.90 Å². The molecule has 2 aliphatic rings. The van der Waals surface area contributed by atoms with Gasteiger partial charge >= 0.3 is 0 Å². The quantitative estimate of drug-likeness (QED) is 0.790. The van der Waals surface area contributed by atoms with E-state index in [1.807, 2.05) is 29.2 Å². The summed E-state index contributed by atoms with van der Waals surface area (Å²) < 4.78 is 1.01. The number of carbonyl (C=O) groups excluding carboxylic acids is 1. The smallest absolute Gasteiger partial charge is 0.240 e. The van der Waals surface area contributed by atoms with Crippen LogP contribution in [-0.4, -0.2) is 23.0 Å². The topological polar surface area (TPSA) is 20.3 Å². The fourth-order valence-electron chi connectivity index (χ4n) is 2.26. The minimum Gasteiger partial charge on any atom is -0.306 e. The summed E-state index contributed by atoms with van der Waals surface area (Å²) in [6, 6.07) is 8.36. The van der Waals surface area contributed by atoms with Crippen LogP contribution in [0.3, 0.4) is 0 Å². The number of carbonyl (C=O) groups is 1. The minimum atomic E-state index is 0.210. The van der Waals surface area contributed by atoms with Gasteiger partial charge in [0.25, 0.3) is 0 Å². The van der Waals surface area contributed by atoms with Gasteiger partial charge in [-0.3, -0.25) is 4.79 Å². The van der Waals surface area contributed by atoms with Gasteiger partial charge in [0, 0.05) is 16.3 Å². The largest absolute Gasteiger partial charge is 0.306 e. The average Bonchev–Trinajstić information content (AvgIpc) is 2.80. The van der Waals surface area contributed by atoms with Crippen molar-refractivity contribution in [1.82, 2.24) is 0 Å². The monoisotopic (exact) mass is 283 g/mol. The molecule has 0 aromatic heterocycles. The number of benzene rings is 1. The minimum absolute atomic E-state index is 0.210. The number of hydrogen-bond donors (Lipinski definition) is 0. The Morgan fingerprint density at radius 1 is 1.40 bits per heavy atom. The first-order valence-electron chi connectivity index (χ1n) is 4.96. The first kappa shape index (κ1) is 9.73. The van der Waals surface area contributed by atoms with Gasteiger partial charge in [-0.05, 0) is 34.5 Å². The molecule has 0 aliphatic carbocycles. The van der Waals surface area contributed by atoms with E-state index in [2.05, 4.69) is 15.9 Å². The zero-order valence-corrected chi connectivity index (χ0v) is 10.4. The standard InChI is InChI=1S/C11H10BrNOS/c12-8-3-1-2-4-9(8)13-7-5-10(11(13)14)15-6-7/h1-4,7,10H,5-6H2. The lowest BCUT2D eigenvalue weighted by atomic mass is 10.2. The van der Waals surface area contributed by atoms with Crippen LogP contribution in [0.4, 0.5) is 5.69 Å². The van der Waals surface area contributed by atoms with Crippen LogP contribution in [-0.2, 0) is 4.79 Å². The van der Waals surface area contributed by atoms with Crippen LogP contribution in [0.1, 0.15) is 6.42 Å². The maximum absolute atomic E-state index is 12.0. The Morgan fingerprint density at radius 2 is 2.20 bits per heavy atom. The molecule has 2 saturated heterocycles. The summed E-state index contributed by atoms with van der Waals surface area (Å²) in [6.45, 7) is 0. The lowest BCUT2D eigenvalue weighted by Gasteiger charge is -2.27. The van der Waals surface area contributed by atoms with Gasteiger partial charge in [0.2, 0.25) is 5.91 Å². The predicted molar refractivity (Wildman–Crippen MR) is 66.3 cm³/mol. The van der Waals surface area contributed by atoms with E-state index in [0.29, 0.717) is 6.04 Å². The number of thioether (sulfide) groups is 1. The zero-order chi connectivity index (χ0) is 10.4. The van der Waals surface area contributed by atoms with Gasteiger partial charge in [-0.1, -0.05) is 12.1 Å². The van der Waals surface area contributed by atoms with Crippen molar-refractivity contribution >= 4 is 39.3 Å². The molecule has 1 aromatic rings. The average molecular weight is 284 g/mol. The number of rotatable bonds is 1. The molecule has 0 saturated carbocycles. The molecular formula is C11H10BrNOS. The van der Waals surface area contributed by atoms with E-state index >= 15 is 0 Å². The van der Waals surface area contributed by atoms with Gasteiger partial charge in [0.15, 0.2) is 0 Å². The second-order valence-corrected chi connectivity index (χ2v) is 5.96. The maximum Gasteiger partial charge on any atom is 0.240 e. The number of amides is 1. The van der Waals surface area contributed by atoms with Crippen LogP contribution in [0.25, 0.3) is 0 Å². The van der Waals surface area contributed by atoms with Crippen LogP contribution >= 0.6 is 27.7 Å². The van der Waals surface area contributed by atoms with E-state index in [4.69, 9.17) is 0 Å². The molecule has 2 unspecified atom stereocenters. The van der Waals surface area contributed by atoms with Crippen molar-refractivity contribution in [2.75, 3.05) is 10.7 Å². The Balaban J connectivity index is 2.02. The Bertz CT molecular complexity index is 423. The van der Waals surface area contributed by atoms with E-state index in [1.54, 1.807) is 11.8 Å². The van der Waals surface area contributed by atoms with Crippen molar-refractivity contribution in [3.63, 3.8) is 0 Å². The molecule has 0 spiro atoms. The predicted octanol–water partition coefficient (Wildman–Crippen LogP) is 2.67. The molecule has 2 heterocycles. The third-order valence-corrected chi connectivity index (χ3v) is 5.01. The highest BCUT2D eigenvalue weighted by atomic mass is 79.9. The number of fused-ring (bicyclic) bond motifs is 2. The van der Waals surface area contributed by atoms with Crippen molar-refractivity contribution in [2.24, 2.45) is 0 Å². The Kier molecular flexibility index (Phi) is 2.29. The molecule has 0 N–H and O–H groups in total. The molecule has 2 bridgehead atoms. The first-order chi connectivity index (χ1) is 7.27. The lowest BCUT2D eigenvalue weighted by molar-refractivity contribution is -0.116. The molecule has 2 atom stereocenters. The summed E-state index contributed by atoms with van der Waals surface area (Å²) >= 11 is 5.30. The highest BCUT2D eigenvalue weighted by Crippen LogP contribution is 2.42. The maximum atomic E-state index is 12.0. The molecule has 2 aliphatic heterocycles. The Morgan fingerprint density at radius 3 is 2.87 bits per heavy atom. The molecule has 0 radical (unpaired) electrons. The molecule has 78 valence electrons. The number of nitrogens with zero attached hydrogens (tertiary/aromatic N) is 1. The summed E-state index contributed by atoms with van der Waals surface area (Å²) in [5.41, 5.74) is 1.02. The second-order valence-electron chi connectivity index (χ2n) is 3.87. The molecule has 2 fully saturated rings. The Labute approximate surface area is 101 Å². The fraction of sp³-hybridized carbons (Fsp3) is 0.364. The van der Waals surface area contributed by atoms with Crippen LogP contribution in [0.15, 0.2) is 28.7 Å². The van der Waals surface area contributed by atoms with E-state index in [9.17, 15) is 4.79 Å². The first-order valence-corrected chi connectivity index (χ1v) is 6.81. The Hall–Kier alpha value is -0.480. The number of hydrogen-bond acceptors (Lipinski definition) is 2. The van der Waals surface area contributed by atoms with Gasteiger partial charge in [0.1, 0.15) is 0 Å². The van der Waals surface area contributed by atoms with E-state index in [-0.39, 0.29) is 11.2 Å². The third-order valence-electron chi connectivity index (χ3n) is 2.97. The summed E-state index contributed by atoms with van der Waals surface area (Å²) in [4.78, 5) is 14.0. The number of anilines is 1. The van der Waals surface area contributed by atoms with Crippen LogP contribution in [0, 0.1) is 0 Å². The van der Waals surface area contributed by atoms with Crippen LogP contribution in [0.5, 0.6) is 0 Å². The van der Waals surface area contributed by atoms with Crippen LogP contribution < -0.4 is 4.90 Å². The highest BCUT2D eigenvalue weighted by molar-refractivity contribution is 9.10. The molecule has 15 heavy (non-hydrogen) atoms. The van der Waals surface area contributed by atoms with Crippen molar-refractivity contribution in [3.05, 3.63) is 28.7 Å². The highest BCUT2D eigenvalue weighted by Gasteiger charge is 2.46. The van der Waals surface area contributed by atoms with Crippen molar-refractivity contribution in [2.45, 2.75) is 17.7 Å². The molecular weight excluding hydrogens is 274 g/mol. The third kappa shape index (κ3) is 1.42. The van der Waals surface area contributed by atoms with E-state index in [1.165, 1.54) is 0 Å². The molecule has 2 nitrogen and oxygen atoms in total. The molecule has 4 heteroatoms. The van der Waals surface area contributed by atoms with Gasteiger partial charge in [-0.25, -0.2) is 0 Å². The van der Waals surface area contributed by atoms with E-state index < -0.39 is 0 Å². The molecule has 1 amide bonds. The van der Waals surface area contributed by atoms with Gasteiger partial charge in [-0.2, -0.15) is 0 Å². The van der Waals surface area contributed by atoms with E-state index in [0.717, 1.165) is 22.3 Å². The number of halogens is 1. The summed E-state index contributed by atoms with van der Waals surface area (Å²) in [6.07, 6.45) is 1.02. The summed E-state index contributed by atoms with van der Waals surface area (Å²) in [5, 5.41) is 0.210. The molecule has 3 rings (SSSR count). The second kappa shape index (κ2) is 3.52. The van der Waals surface area contributed by atoms with Crippen molar-refractivity contribution in [3.8, 4) is 0 Å². The molecule has 1 aromatic carbocycles. The van der Waals surface area contributed by atoms with Crippen molar-refractivity contribution in [1.29, 1.82) is 0 Å². The van der Waals surface area contributed by atoms with Gasteiger partial charge in [-0.15, -0.1) is 11.8 Å². The SMILES string of the molecule is O=C1C2CC(CS2)N1c1ccccc1Br. The van der Waals surface area contributed by atoms with Crippen LogP contribution in [0.2, 0.25) is 0 Å². The summed E-state index contributed by atoms with van der Waals surface area (Å²) in [7, 11) is 0. The zero-order valence-electron chi connectivity index (χ0n) is 8.02. The number of para-hydroxylation sites is 1. The van der Waals surface area contributed by atoms with Crippen molar-refractivity contribution < 1.29 is 4.79 Å². The summed E-state index contributed by atoms with van der Waals surface area (Å²) in [5.74, 6) is 1.36.